The maximum absolute atomic E-state index is 11.3. The molecule has 1 saturated heterocycles. The Bertz CT molecular complexity index is 523. The molecule has 11 heteroatoms. The zero-order chi connectivity index (χ0) is 17.6. The normalized spacial score (nSPS) is 29.8. The van der Waals surface area contributed by atoms with E-state index in [4.69, 9.17) is 24.5 Å². The van der Waals surface area contributed by atoms with Crippen LogP contribution in [-0.2, 0) is 33.3 Å². The van der Waals surface area contributed by atoms with E-state index in [9.17, 15) is 14.4 Å². The number of hydrogen-bond acceptors (Lipinski definition) is 8. The summed E-state index contributed by atoms with van der Waals surface area (Å²) in [5.41, 5.74) is 8.68. The van der Waals surface area contributed by atoms with Crippen LogP contribution in [0, 0.1) is 0 Å². The number of azide groups is 1. The van der Waals surface area contributed by atoms with Crippen LogP contribution < -0.4 is 0 Å². The molecule has 23 heavy (non-hydrogen) atoms. The van der Waals surface area contributed by atoms with Gasteiger partial charge in [-0.2, -0.15) is 0 Å². The second-order valence-electron chi connectivity index (χ2n) is 4.67. The number of carbonyl (C=O) groups excluding carboxylic acids is 3. The van der Waals surface area contributed by atoms with Gasteiger partial charge in [-0.1, -0.05) is 27.7 Å². The molecule has 1 fully saturated rings. The van der Waals surface area contributed by atoms with Gasteiger partial charge in [-0.25, -0.2) is 0 Å². The lowest BCUT2D eigenvalue weighted by atomic mass is 9.98. The van der Waals surface area contributed by atoms with Crippen LogP contribution in [0.4, 0.5) is 0 Å². The van der Waals surface area contributed by atoms with Gasteiger partial charge in [0.25, 0.3) is 0 Å². The summed E-state index contributed by atoms with van der Waals surface area (Å²) in [6.07, 6.45) is -2.99. The Labute approximate surface area is 145 Å². The van der Waals surface area contributed by atoms with E-state index in [-0.39, 0.29) is 6.61 Å². The number of carbonyl (C=O) groups is 3. The van der Waals surface area contributed by atoms with Crippen molar-refractivity contribution in [2.75, 3.05) is 6.61 Å². The lowest BCUT2D eigenvalue weighted by Crippen LogP contribution is -2.59. The second-order valence-corrected chi connectivity index (χ2v) is 5.90. The number of ether oxygens (including phenoxy) is 4. The summed E-state index contributed by atoms with van der Waals surface area (Å²) in [5, 5.41) is 3.56. The molecule has 128 valence electrons. The summed E-state index contributed by atoms with van der Waals surface area (Å²) in [5.74, 6) is -1.82. The molecule has 10 nitrogen and oxygen atoms in total. The summed E-state index contributed by atoms with van der Waals surface area (Å²) in [6.45, 7) is 3.37. The van der Waals surface area contributed by atoms with E-state index in [0.29, 0.717) is 0 Å². The van der Waals surface area contributed by atoms with Gasteiger partial charge in [0.05, 0.1) is 0 Å². The SMILES string of the molecule is CC(=O)OC[C@H]1OC(I)[C@H](N=[N+]=[N-])[C@@H](OC(C)=O)[C@H]1OC(C)=O. The van der Waals surface area contributed by atoms with Crippen molar-refractivity contribution in [1.82, 2.24) is 0 Å². The van der Waals surface area contributed by atoms with Crippen LogP contribution >= 0.6 is 22.6 Å². The summed E-state index contributed by atoms with van der Waals surface area (Å²) in [6, 6.07) is -0.901. The van der Waals surface area contributed by atoms with E-state index < -0.39 is 46.4 Å². The first-order valence-corrected chi connectivity index (χ1v) is 7.82. The van der Waals surface area contributed by atoms with Gasteiger partial charge in [-0.15, -0.1) is 0 Å². The van der Waals surface area contributed by atoms with E-state index in [2.05, 4.69) is 10.0 Å². The lowest BCUT2D eigenvalue weighted by molar-refractivity contribution is -0.206. The number of halogens is 1. The van der Waals surface area contributed by atoms with Crippen LogP contribution in [0.15, 0.2) is 5.11 Å². The molecule has 1 aliphatic rings. The van der Waals surface area contributed by atoms with Gasteiger partial charge in [0.2, 0.25) is 0 Å². The van der Waals surface area contributed by atoms with E-state index in [0.717, 1.165) is 0 Å². The average molecular weight is 441 g/mol. The second kappa shape index (κ2) is 8.89. The first-order chi connectivity index (χ1) is 10.8. The molecule has 0 aliphatic carbocycles. The molecule has 0 saturated carbocycles. The summed E-state index contributed by atoms with van der Waals surface area (Å²) < 4.78 is 20.2. The Hall–Kier alpha value is -1.59. The van der Waals surface area contributed by atoms with E-state index >= 15 is 0 Å². The molecule has 1 unspecified atom stereocenters. The van der Waals surface area contributed by atoms with Gasteiger partial charge < -0.3 is 18.9 Å². The third-order valence-corrected chi connectivity index (χ3v) is 3.87. The van der Waals surface area contributed by atoms with Crippen molar-refractivity contribution >= 4 is 40.5 Å². The third-order valence-electron chi connectivity index (χ3n) is 2.84. The van der Waals surface area contributed by atoms with Gasteiger partial charge in [-0.3, -0.25) is 14.4 Å². The van der Waals surface area contributed by atoms with Gasteiger partial charge in [0.15, 0.2) is 12.2 Å². The first-order valence-electron chi connectivity index (χ1n) is 6.57. The molecule has 5 atom stereocenters. The Morgan fingerprint density at radius 2 is 1.70 bits per heavy atom. The zero-order valence-corrected chi connectivity index (χ0v) is 14.8. The summed E-state index contributed by atoms with van der Waals surface area (Å²) in [4.78, 5) is 36.4. The fourth-order valence-corrected chi connectivity index (χ4v) is 2.98. The lowest BCUT2D eigenvalue weighted by Gasteiger charge is -2.41. The zero-order valence-electron chi connectivity index (χ0n) is 12.7. The fourth-order valence-electron chi connectivity index (χ4n) is 2.05. The highest BCUT2D eigenvalue weighted by Crippen LogP contribution is 2.31. The largest absolute Gasteiger partial charge is 0.463 e. The van der Waals surface area contributed by atoms with Crippen molar-refractivity contribution in [3.8, 4) is 0 Å². The maximum Gasteiger partial charge on any atom is 0.303 e. The van der Waals surface area contributed by atoms with Crippen LogP contribution in [0.25, 0.3) is 10.4 Å². The Morgan fingerprint density at radius 1 is 1.13 bits per heavy atom. The molecule has 0 radical (unpaired) electrons. The molecule has 0 aromatic heterocycles. The topological polar surface area (TPSA) is 137 Å². The Kier molecular flexibility index (Phi) is 7.52. The highest BCUT2D eigenvalue weighted by atomic mass is 127. The minimum absolute atomic E-state index is 0.201. The van der Waals surface area contributed by atoms with E-state index in [1.54, 1.807) is 0 Å². The van der Waals surface area contributed by atoms with E-state index in [1.807, 2.05) is 22.6 Å². The van der Waals surface area contributed by atoms with Crippen molar-refractivity contribution in [3.63, 3.8) is 0 Å². The highest BCUT2D eigenvalue weighted by Gasteiger charge is 2.49. The van der Waals surface area contributed by atoms with Crippen molar-refractivity contribution in [2.24, 2.45) is 5.11 Å². The quantitative estimate of drug-likeness (QED) is 0.119. The molecule has 1 aliphatic heterocycles. The van der Waals surface area contributed by atoms with Gasteiger partial charge in [-0.05, 0) is 5.53 Å². The Morgan fingerprint density at radius 3 is 2.17 bits per heavy atom. The molecule has 0 spiro atoms. The fraction of sp³-hybridized carbons (Fsp3) is 0.750. The summed E-state index contributed by atoms with van der Waals surface area (Å²) in [7, 11) is 0. The van der Waals surface area contributed by atoms with Crippen molar-refractivity contribution < 1.29 is 33.3 Å². The predicted octanol–water partition coefficient (Wildman–Crippen LogP) is 1.25. The van der Waals surface area contributed by atoms with Crippen molar-refractivity contribution in [3.05, 3.63) is 10.4 Å². The molecule has 0 aromatic rings. The molecule has 0 aromatic carbocycles. The minimum Gasteiger partial charge on any atom is -0.463 e. The van der Waals surface area contributed by atoms with Gasteiger partial charge in [0.1, 0.15) is 22.9 Å². The van der Waals surface area contributed by atoms with Crippen LogP contribution in [0.1, 0.15) is 20.8 Å². The molecule has 1 rings (SSSR count). The molecule has 0 N–H and O–H groups in total. The molecular weight excluding hydrogens is 425 g/mol. The average Bonchev–Trinajstić information content (AvgIpc) is 2.42. The summed E-state index contributed by atoms with van der Waals surface area (Å²) >= 11 is 1.86. The standard InChI is InChI=1S/C12H16IN3O7/c1-5(17)20-4-8-10(21-6(2)18)11(22-7(3)19)9(15-16-14)12(13)23-8/h8-12H,4H2,1-3H3/t8-,9-,10+,11-,12?/m1/s1. The predicted molar refractivity (Wildman–Crippen MR) is 83.4 cm³/mol. The van der Waals surface area contributed by atoms with E-state index in [1.165, 1.54) is 20.8 Å². The van der Waals surface area contributed by atoms with Gasteiger partial charge in [0, 0.05) is 25.7 Å². The van der Waals surface area contributed by atoms with Crippen LogP contribution in [0.3, 0.4) is 0 Å². The van der Waals surface area contributed by atoms with Crippen molar-refractivity contribution in [2.45, 2.75) is 49.2 Å². The highest BCUT2D eigenvalue weighted by molar-refractivity contribution is 14.1. The minimum atomic E-state index is -1.07. The third kappa shape index (κ3) is 5.84. The first kappa shape index (κ1) is 19.5. The monoisotopic (exact) mass is 441 g/mol. The number of nitrogens with zero attached hydrogens (tertiary/aromatic N) is 3. The number of alkyl halides is 1. The van der Waals surface area contributed by atoms with Crippen LogP contribution in [-0.4, -0.2) is 53.0 Å². The number of hydrogen-bond donors (Lipinski definition) is 0. The maximum atomic E-state index is 11.3. The van der Waals surface area contributed by atoms with Gasteiger partial charge >= 0.3 is 17.9 Å². The molecular formula is C12H16IN3O7. The number of esters is 3. The molecule has 0 bridgehead atoms. The Balaban J connectivity index is 3.11. The molecule has 1 heterocycles. The van der Waals surface area contributed by atoms with Crippen LogP contribution in [0.5, 0.6) is 0 Å². The van der Waals surface area contributed by atoms with Crippen molar-refractivity contribution in [1.29, 1.82) is 0 Å². The number of rotatable bonds is 5. The molecule has 0 amide bonds. The smallest absolute Gasteiger partial charge is 0.303 e. The van der Waals surface area contributed by atoms with Crippen LogP contribution in [0.2, 0.25) is 0 Å².